The lowest BCUT2D eigenvalue weighted by molar-refractivity contribution is 0.0497. The Balaban J connectivity index is 1.91. The first-order valence-electron chi connectivity index (χ1n) is 10.9. The first kappa shape index (κ1) is 24.3. The van der Waals surface area contributed by atoms with Crippen LogP contribution in [0.1, 0.15) is 11.1 Å². The molecule has 34 heavy (non-hydrogen) atoms. The van der Waals surface area contributed by atoms with Crippen LogP contribution in [0, 0.1) is 23.1 Å². The van der Waals surface area contributed by atoms with Crippen LogP contribution in [0.25, 0.3) is 11.1 Å². The lowest BCUT2D eigenvalue weighted by Crippen LogP contribution is -2.55. The molecule has 1 amide bonds. The standard InChI is InChI=1S/C24H25ClF2N2O4Si/c1-34(2,3)10-7-15-19(20-17(25)5-4-6-18(20)30)22(27)23-16(21(15)26)12-28-8-9-29(24(31)32)11-14(28)13-33-23/h4-6,14,30H,8-9,11-13H2,1-3H3,(H,31,32)/t14-/m1/s1. The van der Waals surface area contributed by atoms with E-state index in [0.717, 1.165) is 0 Å². The zero-order valence-corrected chi connectivity index (χ0v) is 20.8. The molecular weight excluding hydrogens is 482 g/mol. The second-order valence-electron chi connectivity index (χ2n) is 9.48. The molecule has 2 aliphatic heterocycles. The van der Waals surface area contributed by atoms with Crippen LogP contribution in [0.3, 0.4) is 0 Å². The highest BCUT2D eigenvalue weighted by molar-refractivity contribution is 6.83. The fraction of sp³-hybridized carbons (Fsp3) is 0.375. The van der Waals surface area contributed by atoms with Crippen molar-refractivity contribution in [2.75, 3.05) is 26.2 Å². The molecule has 0 radical (unpaired) electrons. The predicted molar refractivity (Wildman–Crippen MR) is 128 cm³/mol. The average molecular weight is 507 g/mol. The highest BCUT2D eigenvalue weighted by Gasteiger charge is 2.37. The number of carbonyl (C=O) groups is 1. The maximum atomic E-state index is 16.1. The molecule has 2 aliphatic rings. The van der Waals surface area contributed by atoms with Crippen molar-refractivity contribution in [3.05, 3.63) is 46.0 Å². The van der Waals surface area contributed by atoms with Crippen molar-refractivity contribution >= 4 is 25.8 Å². The van der Waals surface area contributed by atoms with Gasteiger partial charge in [-0.15, -0.1) is 5.54 Å². The van der Waals surface area contributed by atoms with E-state index >= 15 is 8.78 Å². The van der Waals surface area contributed by atoms with Crippen molar-refractivity contribution in [1.29, 1.82) is 0 Å². The highest BCUT2D eigenvalue weighted by Crippen LogP contribution is 2.45. The third kappa shape index (κ3) is 4.58. The van der Waals surface area contributed by atoms with Gasteiger partial charge in [-0.3, -0.25) is 4.90 Å². The summed E-state index contributed by atoms with van der Waals surface area (Å²) in [5.41, 5.74) is 2.65. The first-order valence-corrected chi connectivity index (χ1v) is 14.7. The number of aromatic hydroxyl groups is 1. The summed E-state index contributed by atoms with van der Waals surface area (Å²) in [6.07, 6.45) is -1.04. The summed E-state index contributed by atoms with van der Waals surface area (Å²) < 4.78 is 37.9. The summed E-state index contributed by atoms with van der Waals surface area (Å²) in [5, 5.41) is 19.9. The Morgan fingerprint density at radius 3 is 2.59 bits per heavy atom. The summed E-state index contributed by atoms with van der Waals surface area (Å²) in [5.74, 6) is 0.707. The molecule has 2 aromatic carbocycles. The van der Waals surface area contributed by atoms with E-state index in [2.05, 4.69) is 11.5 Å². The Kier molecular flexibility index (Phi) is 6.51. The van der Waals surface area contributed by atoms with Gasteiger partial charge in [-0.1, -0.05) is 43.2 Å². The van der Waals surface area contributed by atoms with Crippen molar-refractivity contribution in [2.24, 2.45) is 0 Å². The predicted octanol–water partition coefficient (Wildman–Crippen LogP) is 4.78. The molecule has 2 heterocycles. The highest BCUT2D eigenvalue weighted by atomic mass is 35.5. The van der Waals surface area contributed by atoms with E-state index < -0.39 is 25.8 Å². The number of hydrogen-bond acceptors (Lipinski definition) is 4. The normalized spacial score (nSPS) is 18.2. The molecule has 0 aliphatic carbocycles. The van der Waals surface area contributed by atoms with E-state index in [1.165, 1.54) is 23.1 Å². The number of carboxylic acid groups (broad SMARTS) is 1. The van der Waals surface area contributed by atoms with Crippen LogP contribution in [-0.2, 0) is 6.54 Å². The first-order chi connectivity index (χ1) is 16.0. The van der Waals surface area contributed by atoms with Gasteiger partial charge in [-0.25, -0.2) is 13.6 Å². The van der Waals surface area contributed by atoms with Crippen molar-refractivity contribution in [3.63, 3.8) is 0 Å². The van der Waals surface area contributed by atoms with Crippen LogP contribution in [-0.4, -0.2) is 66.5 Å². The van der Waals surface area contributed by atoms with E-state index in [1.54, 1.807) is 0 Å². The largest absolute Gasteiger partial charge is 0.507 e. The number of amides is 1. The summed E-state index contributed by atoms with van der Waals surface area (Å²) in [7, 11) is -1.97. The topological polar surface area (TPSA) is 73.2 Å². The monoisotopic (exact) mass is 506 g/mol. The number of phenolic OH excluding ortho intramolecular Hbond substituents is 1. The van der Waals surface area contributed by atoms with Gasteiger partial charge in [0, 0.05) is 42.9 Å². The van der Waals surface area contributed by atoms with Crippen molar-refractivity contribution in [1.82, 2.24) is 9.80 Å². The average Bonchev–Trinajstić information content (AvgIpc) is 2.95. The number of piperazine rings is 1. The smallest absolute Gasteiger partial charge is 0.407 e. The van der Waals surface area contributed by atoms with Gasteiger partial charge in [-0.05, 0) is 12.1 Å². The maximum absolute atomic E-state index is 16.1. The molecule has 1 atom stereocenters. The van der Waals surface area contributed by atoms with Gasteiger partial charge in [0.1, 0.15) is 26.2 Å². The number of ether oxygens (including phenoxy) is 1. The number of halogens is 3. The molecule has 4 rings (SSSR count). The van der Waals surface area contributed by atoms with Gasteiger partial charge >= 0.3 is 6.09 Å². The van der Waals surface area contributed by atoms with Crippen molar-refractivity contribution in [2.45, 2.75) is 32.2 Å². The number of hydrogen-bond donors (Lipinski definition) is 2. The zero-order chi connectivity index (χ0) is 24.8. The molecule has 2 aromatic rings. The quantitative estimate of drug-likeness (QED) is 0.430. The Morgan fingerprint density at radius 1 is 1.21 bits per heavy atom. The fourth-order valence-electron chi connectivity index (χ4n) is 4.19. The Hall–Kier alpha value is -2.80. The van der Waals surface area contributed by atoms with E-state index in [-0.39, 0.29) is 71.1 Å². The molecule has 6 nitrogen and oxygen atoms in total. The molecule has 10 heteroatoms. The SMILES string of the molecule is C[Si](C)(C)C#Cc1c(F)c2c(c(F)c1-c1c(O)cccc1Cl)OC[C@H]1CN(C(=O)O)CCN1C2. The molecule has 2 N–H and O–H groups in total. The fourth-order valence-corrected chi connectivity index (χ4v) is 4.95. The minimum absolute atomic E-state index is 0.0129. The molecular formula is C24H25ClF2N2O4Si. The lowest BCUT2D eigenvalue weighted by Gasteiger charge is -2.38. The Labute approximate surface area is 202 Å². The minimum Gasteiger partial charge on any atom is -0.507 e. The van der Waals surface area contributed by atoms with Gasteiger partial charge in [-0.2, -0.15) is 0 Å². The molecule has 0 bridgehead atoms. The molecule has 0 aromatic heterocycles. The van der Waals surface area contributed by atoms with Gasteiger partial charge in [0.15, 0.2) is 11.6 Å². The van der Waals surface area contributed by atoms with E-state index in [9.17, 15) is 15.0 Å². The third-order valence-corrected chi connectivity index (χ3v) is 7.08. The van der Waals surface area contributed by atoms with Crippen LogP contribution in [0.5, 0.6) is 11.5 Å². The second kappa shape index (κ2) is 9.10. The van der Waals surface area contributed by atoms with Crippen LogP contribution in [0.4, 0.5) is 13.6 Å². The number of phenols is 1. The van der Waals surface area contributed by atoms with Crippen molar-refractivity contribution < 1.29 is 28.5 Å². The number of fused-ring (bicyclic) bond motifs is 2. The molecule has 1 saturated heterocycles. The molecule has 1 fully saturated rings. The summed E-state index contributed by atoms with van der Waals surface area (Å²) in [6, 6.07) is 3.98. The van der Waals surface area contributed by atoms with Crippen LogP contribution in [0.2, 0.25) is 24.7 Å². The molecule has 0 saturated carbocycles. The van der Waals surface area contributed by atoms with Crippen LogP contribution < -0.4 is 4.74 Å². The molecule has 0 unspecified atom stereocenters. The molecule has 0 spiro atoms. The summed E-state index contributed by atoms with van der Waals surface area (Å²) in [4.78, 5) is 14.6. The van der Waals surface area contributed by atoms with Crippen molar-refractivity contribution in [3.8, 4) is 34.1 Å². The second-order valence-corrected chi connectivity index (χ2v) is 14.6. The van der Waals surface area contributed by atoms with Gasteiger partial charge < -0.3 is 19.8 Å². The number of benzene rings is 2. The van der Waals surface area contributed by atoms with Gasteiger partial charge in [0.05, 0.1) is 16.6 Å². The Bertz CT molecular complexity index is 1200. The van der Waals surface area contributed by atoms with E-state index in [0.29, 0.717) is 6.54 Å². The zero-order valence-electron chi connectivity index (χ0n) is 19.1. The van der Waals surface area contributed by atoms with Crippen LogP contribution in [0.15, 0.2) is 18.2 Å². The lowest BCUT2D eigenvalue weighted by atomic mass is 9.94. The van der Waals surface area contributed by atoms with Crippen LogP contribution >= 0.6 is 11.6 Å². The number of rotatable bonds is 1. The maximum Gasteiger partial charge on any atom is 0.407 e. The summed E-state index contributed by atoms with van der Waals surface area (Å²) in [6.45, 7) is 6.80. The Morgan fingerprint density at radius 2 is 1.94 bits per heavy atom. The van der Waals surface area contributed by atoms with Gasteiger partial charge in [0.25, 0.3) is 0 Å². The number of nitrogens with zero attached hydrogens (tertiary/aromatic N) is 2. The van der Waals surface area contributed by atoms with E-state index in [1.807, 2.05) is 24.5 Å². The third-order valence-electron chi connectivity index (χ3n) is 5.89. The molecule has 180 valence electrons. The van der Waals surface area contributed by atoms with Gasteiger partial charge in [0.2, 0.25) is 0 Å². The summed E-state index contributed by atoms with van der Waals surface area (Å²) >= 11 is 6.31. The van der Waals surface area contributed by atoms with E-state index in [4.69, 9.17) is 16.3 Å². The minimum atomic E-state index is -1.97.